The number of esters is 1. The average Bonchev–Trinajstić information content (AvgIpc) is 2.68. The maximum Gasteiger partial charge on any atom is 0.319 e. The summed E-state index contributed by atoms with van der Waals surface area (Å²) < 4.78 is 5.04. The molecule has 0 saturated carbocycles. The van der Waals surface area contributed by atoms with Gasteiger partial charge in [-0.1, -0.05) is 35.9 Å². The number of anilines is 1. The molecule has 0 aliphatic carbocycles. The first-order chi connectivity index (χ1) is 13.8. The van der Waals surface area contributed by atoms with E-state index in [4.69, 9.17) is 4.74 Å². The summed E-state index contributed by atoms with van der Waals surface area (Å²) in [6.45, 7) is 6.93. The highest BCUT2D eigenvalue weighted by Crippen LogP contribution is 2.23. The highest BCUT2D eigenvalue weighted by atomic mass is 32.2. The van der Waals surface area contributed by atoms with E-state index in [0.717, 1.165) is 27.3 Å². The monoisotopic (exact) mass is 414 g/mol. The molecule has 0 bridgehead atoms. The summed E-state index contributed by atoms with van der Waals surface area (Å²) in [7, 11) is 0. The minimum Gasteiger partial charge on any atom is -0.455 e. The average molecular weight is 415 g/mol. The van der Waals surface area contributed by atoms with Gasteiger partial charge in [0.15, 0.2) is 6.61 Å². The van der Waals surface area contributed by atoms with E-state index in [1.54, 1.807) is 6.92 Å². The largest absolute Gasteiger partial charge is 0.455 e. The number of hydrogen-bond acceptors (Lipinski definition) is 5. The summed E-state index contributed by atoms with van der Waals surface area (Å²) in [5, 5.41) is 4.83. The molecule has 6 nitrogen and oxygen atoms in total. The predicted octanol–water partition coefficient (Wildman–Crippen LogP) is 3.39. The van der Waals surface area contributed by atoms with Crippen molar-refractivity contribution in [3.05, 3.63) is 59.2 Å². The molecule has 0 fully saturated rings. The second-order valence-corrected chi connectivity index (χ2v) is 8.19. The number of hydrogen-bond donors (Lipinski definition) is 2. The molecule has 0 heterocycles. The van der Waals surface area contributed by atoms with Gasteiger partial charge in [0.2, 0.25) is 5.91 Å². The fourth-order valence-corrected chi connectivity index (χ4v) is 3.68. The van der Waals surface area contributed by atoms with Gasteiger partial charge in [-0.2, -0.15) is 0 Å². The molecule has 0 aliphatic rings. The number of carbonyl (C=O) groups is 3. The van der Waals surface area contributed by atoms with Gasteiger partial charge in [0.25, 0.3) is 5.91 Å². The number of benzene rings is 2. The molecule has 1 atom stereocenters. The maximum atomic E-state index is 12.1. The quantitative estimate of drug-likeness (QED) is 0.511. The molecule has 154 valence electrons. The third-order valence-electron chi connectivity index (χ3n) is 4.12. The Morgan fingerprint density at radius 1 is 1.00 bits per heavy atom. The standard InChI is InChI=1S/C22H26N2O4S/c1-14-10-15(2)21(16(3)11-14)24-19(25)12-23-20(26)13-28-22(27)17(4)29-18-8-6-5-7-9-18/h5-11,17H,12-13H2,1-4H3,(H,23,26)(H,24,25). The van der Waals surface area contributed by atoms with Gasteiger partial charge in [0, 0.05) is 10.6 Å². The van der Waals surface area contributed by atoms with Crippen LogP contribution >= 0.6 is 11.8 Å². The highest BCUT2D eigenvalue weighted by molar-refractivity contribution is 8.00. The molecule has 29 heavy (non-hydrogen) atoms. The smallest absolute Gasteiger partial charge is 0.319 e. The molecule has 2 aromatic rings. The second kappa shape index (κ2) is 10.7. The number of thioether (sulfide) groups is 1. The van der Waals surface area contributed by atoms with Crippen LogP contribution in [0.25, 0.3) is 0 Å². The van der Waals surface area contributed by atoms with Crippen molar-refractivity contribution in [2.24, 2.45) is 0 Å². The molecule has 2 rings (SSSR count). The van der Waals surface area contributed by atoms with Crippen LogP contribution in [-0.2, 0) is 19.1 Å². The Bertz CT molecular complexity index is 861. The number of aryl methyl sites for hydroxylation is 3. The van der Waals surface area contributed by atoms with E-state index in [-0.39, 0.29) is 12.5 Å². The van der Waals surface area contributed by atoms with Crippen molar-refractivity contribution >= 4 is 35.2 Å². The zero-order valence-electron chi connectivity index (χ0n) is 17.1. The molecular formula is C22H26N2O4S. The SMILES string of the molecule is Cc1cc(C)c(NC(=O)CNC(=O)COC(=O)C(C)Sc2ccccc2)c(C)c1. The van der Waals surface area contributed by atoms with Crippen molar-refractivity contribution in [3.8, 4) is 0 Å². The van der Waals surface area contributed by atoms with Crippen molar-refractivity contribution in [1.29, 1.82) is 0 Å². The zero-order chi connectivity index (χ0) is 21.4. The molecule has 0 radical (unpaired) electrons. The van der Waals surface area contributed by atoms with E-state index in [9.17, 15) is 14.4 Å². The molecule has 2 N–H and O–H groups in total. The van der Waals surface area contributed by atoms with Gasteiger partial charge >= 0.3 is 5.97 Å². The van der Waals surface area contributed by atoms with Crippen molar-refractivity contribution in [2.75, 3.05) is 18.5 Å². The number of rotatable bonds is 8. The van der Waals surface area contributed by atoms with Crippen LogP contribution in [0.3, 0.4) is 0 Å². The van der Waals surface area contributed by atoms with Crippen LogP contribution in [-0.4, -0.2) is 36.2 Å². The van der Waals surface area contributed by atoms with Gasteiger partial charge in [-0.25, -0.2) is 0 Å². The summed E-state index contributed by atoms with van der Waals surface area (Å²) in [6, 6.07) is 13.4. The van der Waals surface area contributed by atoms with E-state index < -0.39 is 23.7 Å². The van der Waals surface area contributed by atoms with E-state index in [2.05, 4.69) is 10.6 Å². The minimum absolute atomic E-state index is 0.197. The van der Waals surface area contributed by atoms with Crippen molar-refractivity contribution < 1.29 is 19.1 Å². The second-order valence-electron chi connectivity index (χ2n) is 6.78. The lowest BCUT2D eigenvalue weighted by Gasteiger charge is -2.14. The van der Waals surface area contributed by atoms with Gasteiger partial charge in [0.1, 0.15) is 5.25 Å². The first-order valence-electron chi connectivity index (χ1n) is 9.29. The first-order valence-corrected chi connectivity index (χ1v) is 10.2. The zero-order valence-corrected chi connectivity index (χ0v) is 17.9. The fraction of sp³-hybridized carbons (Fsp3) is 0.318. The third kappa shape index (κ3) is 7.27. The van der Waals surface area contributed by atoms with Crippen LogP contribution in [0, 0.1) is 20.8 Å². The Hall–Kier alpha value is -2.80. The predicted molar refractivity (Wildman–Crippen MR) is 115 cm³/mol. The van der Waals surface area contributed by atoms with Crippen LogP contribution in [0.4, 0.5) is 5.69 Å². The Morgan fingerprint density at radius 2 is 1.62 bits per heavy atom. The maximum absolute atomic E-state index is 12.1. The minimum atomic E-state index is -0.525. The van der Waals surface area contributed by atoms with Crippen LogP contribution in [0.15, 0.2) is 47.4 Å². The molecular weight excluding hydrogens is 388 g/mol. The third-order valence-corrected chi connectivity index (χ3v) is 5.21. The Morgan fingerprint density at radius 3 is 2.24 bits per heavy atom. The van der Waals surface area contributed by atoms with Crippen LogP contribution < -0.4 is 10.6 Å². The summed E-state index contributed by atoms with van der Waals surface area (Å²) in [5.74, 6) is -1.35. The van der Waals surface area contributed by atoms with Gasteiger partial charge in [-0.05, 0) is 51.0 Å². The number of nitrogens with one attached hydrogen (secondary N) is 2. The van der Waals surface area contributed by atoms with E-state index >= 15 is 0 Å². The summed E-state index contributed by atoms with van der Waals surface area (Å²) >= 11 is 1.36. The topological polar surface area (TPSA) is 84.5 Å². The molecule has 7 heteroatoms. The van der Waals surface area contributed by atoms with Crippen LogP contribution in [0.2, 0.25) is 0 Å². The Kier molecular flexibility index (Phi) is 8.27. The Balaban J connectivity index is 1.74. The van der Waals surface area contributed by atoms with Gasteiger partial charge in [0.05, 0.1) is 6.54 Å². The van der Waals surface area contributed by atoms with Gasteiger partial charge < -0.3 is 15.4 Å². The van der Waals surface area contributed by atoms with E-state index in [1.807, 2.05) is 63.2 Å². The van der Waals surface area contributed by atoms with Crippen molar-refractivity contribution in [3.63, 3.8) is 0 Å². The summed E-state index contributed by atoms with van der Waals surface area (Å²) in [5.41, 5.74) is 3.78. The number of carbonyl (C=O) groups excluding carboxylic acids is 3. The number of ether oxygens (including phenoxy) is 1. The number of amides is 2. The summed E-state index contributed by atoms with van der Waals surface area (Å²) in [6.07, 6.45) is 0. The lowest BCUT2D eigenvalue weighted by atomic mass is 10.1. The molecule has 0 saturated heterocycles. The Labute approximate surface area is 175 Å². The van der Waals surface area contributed by atoms with Gasteiger partial charge in [-0.3, -0.25) is 14.4 Å². The van der Waals surface area contributed by atoms with E-state index in [1.165, 1.54) is 11.8 Å². The molecule has 2 amide bonds. The van der Waals surface area contributed by atoms with E-state index in [0.29, 0.717) is 0 Å². The lowest BCUT2D eigenvalue weighted by molar-refractivity contribution is -0.147. The van der Waals surface area contributed by atoms with Crippen LogP contribution in [0.1, 0.15) is 23.6 Å². The molecule has 0 spiro atoms. The molecule has 2 aromatic carbocycles. The van der Waals surface area contributed by atoms with Crippen molar-refractivity contribution in [1.82, 2.24) is 5.32 Å². The molecule has 0 aromatic heterocycles. The van der Waals surface area contributed by atoms with Gasteiger partial charge in [-0.15, -0.1) is 11.8 Å². The molecule has 1 unspecified atom stereocenters. The summed E-state index contributed by atoms with van der Waals surface area (Å²) in [4.78, 5) is 37.0. The lowest BCUT2D eigenvalue weighted by Crippen LogP contribution is -2.36. The van der Waals surface area contributed by atoms with Crippen molar-refractivity contribution in [2.45, 2.75) is 37.8 Å². The molecule has 0 aliphatic heterocycles. The van der Waals surface area contributed by atoms with Crippen LogP contribution in [0.5, 0.6) is 0 Å². The first kappa shape index (κ1) is 22.5. The highest BCUT2D eigenvalue weighted by Gasteiger charge is 2.17. The normalized spacial score (nSPS) is 11.4. The fourth-order valence-electron chi connectivity index (χ4n) is 2.80.